The molecule has 0 saturated heterocycles. The second-order valence-electron chi connectivity index (χ2n) is 3.00. The van der Waals surface area contributed by atoms with Crippen LogP contribution < -0.4 is 0 Å². The van der Waals surface area contributed by atoms with Crippen molar-refractivity contribution in [2.45, 2.75) is 6.92 Å². The van der Waals surface area contributed by atoms with Crippen molar-refractivity contribution in [3.8, 4) is 11.3 Å². The molecular weight excluding hydrogens is 224 g/mol. The smallest absolute Gasteiger partial charge is 0.0901 e. The van der Waals surface area contributed by atoms with Crippen LogP contribution >= 0.6 is 23.6 Å². The number of nitrogens with zero attached hydrogens (tertiary/aromatic N) is 2. The van der Waals surface area contributed by atoms with Crippen molar-refractivity contribution in [3.05, 3.63) is 34.7 Å². The monoisotopic (exact) mass is 232 g/mol. The van der Waals surface area contributed by atoms with Crippen LogP contribution in [-0.4, -0.2) is 10.1 Å². The average molecular weight is 232 g/mol. The van der Waals surface area contributed by atoms with E-state index in [1.807, 2.05) is 36.6 Å². The van der Waals surface area contributed by atoms with E-state index < -0.39 is 0 Å². The number of aliphatic imine (C=N–C) groups is 1. The number of hydrogen-bond donors (Lipinski definition) is 0. The van der Waals surface area contributed by atoms with Crippen LogP contribution in [0, 0.1) is 6.92 Å². The third kappa shape index (κ3) is 2.36. The molecule has 15 heavy (non-hydrogen) atoms. The lowest BCUT2D eigenvalue weighted by Gasteiger charge is -1.96. The summed E-state index contributed by atoms with van der Waals surface area (Å²) in [5.41, 5.74) is 2.93. The van der Waals surface area contributed by atoms with E-state index in [9.17, 15) is 0 Å². The van der Waals surface area contributed by atoms with Crippen LogP contribution in [0.2, 0.25) is 0 Å². The number of rotatable bonds is 2. The van der Waals surface area contributed by atoms with E-state index in [2.05, 4.69) is 27.4 Å². The Hall–Kier alpha value is -1.35. The first-order chi connectivity index (χ1) is 7.29. The maximum absolute atomic E-state index is 4.54. The van der Waals surface area contributed by atoms with Gasteiger partial charge in [0, 0.05) is 10.9 Å². The van der Waals surface area contributed by atoms with E-state index in [0.717, 1.165) is 22.0 Å². The SMILES string of the molecule is Cc1nc(-c2ccc(N=C=S)cc2)cs1. The minimum absolute atomic E-state index is 0.820. The summed E-state index contributed by atoms with van der Waals surface area (Å²) in [6, 6.07) is 7.78. The summed E-state index contributed by atoms with van der Waals surface area (Å²) in [5, 5.41) is 5.47. The normalized spacial score (nSPS) is 9.67. The highest BCUT2D eigenvalue weighted by Crippen LogP contribution is 2.23. The van der Waals surface area contributed by atoms with E-state index in [1.54, 1.807) is 11.3 Å². The van der Waals surface area contributed by atoms with Crippen LogP contribution in [0.1, 0.15) is 5.01 Å². The fraction of sp³-hybridized carbons (Fsp3) is 0.0909. The summed E-state index contributed by atoms with van der Waals surface area (Å²) in [6.07, 6.45) is 0. The van der Waals surface area contributed by atoms with Crippen molar-refractivity contribution in [2.75, 3.05) is 0 Å². The number of thiazole rings is 1. The first-order valence-electron chi connectivity index (χ1n) is 4.40. The summed E-state index contributed by atoms with van der Waals surface area (Å²) >= 11 is 6.19. The molecule has 1 aromatic heterocycles. The highest BCUT2D eigenvalue weighted by molar-refractivity contribution is 7.78. The van der Waals surface area contributed by atoms with Gasteiger partial charge in [0.1, 0.15) is 0 Å². The number of aromatic nitrogens is 1. The standard InChI is InChI=1S/C11H8N2S2/c1-8-13-11(6-15-8)9-2-4-10(5-3-9)12-7-14/h2-6H,1H3. The molecule has 0 fully saturated rings. The Morgan fingerprint density at radius 1 is 1.33 bits per heavy atom. The van der Waals surface area contributed by atoms with Crippen molar-refractivity contribution in [2.24, 2.45) is 4.99 Å². The zero-order valence-corrected chi connectivity index (χ0v) is 9.73. The summed E-state index contributed by atoms with van der Waals surface area (Å²) in [5.74, 6) is 0. The minimum atomic E-state index is 0.820. The molecule has 0 aliphatic carbocycles. The van der Waals surface area contributed by atoms with Crippen LogP contribution in [-0.2, 0) is 0 Å². The maximum atomic E-state index is 4.54. The lowest BCUT2D eigenvalue weighted by atomic mass is 10.1. The number of aryl methyl sites for hydroxylation is 1. The van der Waals surface area contributed by atoms with E-state index >= 15 is 0 Å². The molecule has 1 heterocycles. The quantitative estimate of drug-likeness (QED) is 0.580. The fourth-order valence-corrected chi connectivity index (χ4v) is 1.98. The van der Waals surface area contributed by atoms with Crippen molar-refractivity contribution >= 4 is 34.4 Å². The van der Waals surface area contributed by atoms with Gasteiger partial charge in [0.25, 0.3) is 0 Å². The van der Waals surface area contributed by atoms with Gasteiger partial charge in [-0.05, 0) is 31.3 Å². The van der Waals surface area contributed by atoms with Gasteiger partial charge in [-0.2, -0.15) is 4.99 Å². The Kier molecular flexibility index (Phi) is 3.02. The summed E-state index contributed by atoms with van der Waals surface area (Å²) in [4.78, 5) is 8.30. The number of hydrogen-bond acceptors (Lipinski definition) is 4. The maximum Gasteiger partial charge on any atom is 0.0901 e. The highest BCUT2D eigenvalue weighted by Gasteiger charge is 2.01. The van der Waals surface area contributed by atoms with Gasteiger partial charge >= 0.3 is 0 Å². The van der Waals surface area contributed by atoms with E-state index in [-0.39, 0.29) is 0 Å². The molecule has 0 bridgehead atoms. The Balaban J connectivity index is 2.35. The second-order valence-corrected chi connectivity index (χ2v) is 4.25. The number of thiocarbonyl (C=S) groups is 1. The van der Waals surface area contributed by atoms with Gasteiger partial charge in [0.05, 0.1) is 21.6 Å². The molecule has 74 valence electrons. The van der Waals surface area contributed by atoms with Crippen LogP contribution in [0.3, 0.4) is 0 Å². The molecule has 0 unspecified atom stereocenters. The van der Waals surface area contributed by atoms with Crippen molar-refractivity contribution in [1.29, 1.82) is 0 Å². The van der Waals surface area contributed by atoms with Gasteiger partial charge in [0.2, 0.25) is 0 Å². The summed E-state index contributed by atoms with van der Waals surface area (Å²) in [7, 11) is 0. The van der Waals surface area contributed by atoms with Gasteiger partial charge in [-0.1, -0.05) is 12.1 Å². The molecule has 0 atom stereocenters. The Bertz CT molecular complexity index is 508. The van der Waals surface area contributed by atoms with Crippen LogP contribution in [0.5, 0.6) is 0 Å². The van der Waals surface area contributed by atoms with E-state index in [0.29, 0.717) is 0 Å². The van der Waals surface area contributed by atoms with Crippen LogP contribution in [0.4, 0.5) is 5.69 Å². The summed E-state index contributed by atoms with van der Waals surface area (Å²) < 4.78 is 0. The molecule has 0 radical (unpaired) electrons. The zero-order chi connectivity index (χ0) is 10.7. The molecule has 0 spiro atoms. The highest BCUT2D eigenvalue weighted by atomic mass is 32.1. The topological polar surface area (TPSA) is 25.2 Å². The summed E-state index contributed by atoms with van der Waals surface area (Å²) in [6.45, 7) is 2.00. The molecular formula is C11H8N2S2. The minimum Gasteiger partial charge on any atom is -0.242 e. The van der Waals surface area contributed by atoms with Crippen LogP contribution in [0.25, 0.3) is 11.3 Å². The molecule has 2 nitrogen and oxygen atoms in total. The molecule has 2 rings (SSSR count). The van der Waals surface area contributed by atoms with Gasteiger partial charge < -0.3 is 0 Å². The predicted molar refractivity (Wildman–Crippen MR) is 67.0 cm³/mol. The Morgan fingerprint density at radius 3 is 2.60 bits per heavy atom. The van der Waals surface area contributed by atoms with E-state index in [1.165, 1.54) is 0 Å². The molecule has 0 aliphatic rings. The first kappa shape index (κ1) is 10.2. The Labute approximate surface area is 97.3 Å². The molecule has 0 saturated carbocycles. The third-order valence-corrected chi connectivity index (χ3v) is 2.82. The number of benzene rings is 1. The first-order valence-corrected chi connectivity index (χ1v) is 5.69. The van der Waals surface area contributed by atoms with Gasteiger partial charge in [-0.25, -0.2) is 4.98 Å². The van der Waals surface area contributed by atoms with Crippen molar-refractivity contribution in [1.82, 2.24) is 4.98 Å². The van der Waals surface area contributed by atoms with Crippen molar-refractivity contribution in [3.63, 3.8) is 0 Å². The molecule has 4 heteroatoms. The number of isothiocyanates is 1. The lowest BCUT2D eigenvalue weighted by Crippen LogP contribution is -1.76. The van der Waals surface area contributed by atoms with Gasteiger partial charge in [-0.3, -0.25) is 0 Å². The van der Waals surface area contributed by atoms with Crippen molar-refractivity contribution < 1.29 is 0 Å². The third-order valence-electron chi connectivity index (χ3n) is 1.96. The van der Waals surface area contributed by atoms with E-state index in [4.69, 9.17) is 0 Å². The zero-order valence-electron chi connectivity index (χ0n) is 8.10. The molecule has 1 aromatic carbocycles. The fourth-order valence-electron chi connectivity index (χ4n) is 1.26. The van der Waals surface area contributed by atoms with Gasteiger partial charge in [-0.15, -0.1) is 11.3 Å². The average Bonchev–Trinajstić information content (AvgIpc) is 2.67. The lowest BCUT2D eigenvalue weighted by molar-refractivity contribution is 1.30. The second kappa shape index (κ2) is 4.45. The van der Waals surface area contributed by atoms with Gasteiger partial charge in [0.15, 0.2) is 0 Å². The molecule has 0 amide bonds. The molecule has 0 N–H and O–H groups in total. The Morgan fingerprint density at radius 2 is 2.07 bits per heavy atom. The largest absolute Gasteiger partial charge is 0.242 e. The van der Waals surface area contributed by atoms with Crippen LogP contribution in [0.15, 0.2) is 34.6 Å². The molecule has 2 aromatic rings. The molecule has 0 aliphatic heterocycles. The predicted octanol–water partition coefficient (Wildman–Crippen LogP) is 3.85.